The lowest BCUT2D eigenvalue weighted by Gasteiger charge is -2.44. The molecule has 1 aliphatic heterocycles. The summed E-state index contributed by atoms with van der Waals surface area (Å²) in [6, 6.07) is 11.5. The molecule has 0 unspecified atom stereocenters. The number of halogens is 5. The molecule has 3 aromatic rings. The highest BCUT2D eigenvalue weighted by Gasteiger charge is 2.66. The predicted octanol–water partition coefficient (Wildman–Crippen LogP) is 5.36. The zero-order valence-electron chi connectivity index (χ0n) is 16.5. The van der Waals surface area contributed by atoms with E-state index < -0.39 is 35.7 Å². The average Bonchev–Trinajstić information content (AvgIpc) is 3.23. The third kappa shape index (κ3) is 4.19. The van der Waals surface area contributed by atoms with E-state index in [0.717, 1.165) is 0 Å². The smallest absolute Gasteiger partial charge is 0.437 e. The minimum atomic E-state index is -5.38. The van der Waals surface area contributed by atoms with Gasteiger partial charge in [0.05, 0.1) is 5.02 Å². The Labute approximate surface area is 195 Å². The van der Waals surface area contributed by atoms with Crippen LogP contribution in [0.4, 0.5) is 18.0 Å². The van der Waals surface area contributed by atoms with Gasteiger partial charge < -0.3 is 20.2 Å². The number of carbonyl (C=O) groups excluding carboxylic acids is 2. The highest BCUT2D eigenvalue weighted by Crippen LogP contribution is 2.45. The maximum absolute atomic E-state index is 14.0. The van der Waals surface area contributed by atoms with Crippen LogP contribution in [0.1, 0.15) is 22.2 Å². The molecule has 3 N–H and O–H groups in total. The third-order valence-corrected chi connectivity index (χ3v) is 5.87. The summed E-state index contributed by atoms with van der Waals surface area (Å²) in [5.74, 6) is -3.27. The Morgan fingerprint density at radius 1 is 1.03 bits per heavy atom. The number of nitrogens with one attached hydrogen (secondary N) is 2. The number of amides is 2. The van der Waals surface area contributed by atoms with Crippen molar-refractivity contribution in [2.75, 3.05) is 0 Å². The van der Waals surface area contributed by atoms with E-state index in [2.05, 4.69) is 5.32 Å². The fourth-order valence-electron chi connectivity index (χ4n) is 3.70. The Hall–Kier alpha value is -3.01. The van der Waals surface area contributed by atoms with E-state index in [1.54, 1.807) is 24.3 Å². The highest BCUT2D eigenvalue weighted by atomic mass is 35.5. The number of carbonyl (C=O) groups is 2. The lowest BCUT2D eigenvalue weighted by molar-refractivity contribution is -0.288. The van der Waals surface area contributed by atoms with Crippen LogP contribution in [0.25, 0.3) is 11.3 Å². The molecule has 3 atom stereocenters. The van der Waals surface area contributed by atoms with Crippen LogP contribution in [-0.4, -0.2) is 28.8 Å². The molecule has 172 valence electrons. The second-order valence-electron chi connectivity index (χ2n) is 7.37. The molecule has 0 bridgehead atoms. The zero-order valence-corrected chi connectivity index (χ0v) is 18.0. The Bertz CT molecular complexity index is 1210. The molecule has 1 aromatic heterocycles. The van der Waals surface area contributed by atoms with Crippen LogP contribution >= 0.6 is 23.2 Å². The molecule has 1 saturated heterocycles. The molecule has 1 fully saturated rings. The van der Waals surface area contributed by atoms with Gasteiger partial charge in [-0.05, 0) is 48.5 Å². The normalized spacial score (nSPS) is 23.0. The maximum atomic E-state index is 14.0. The molecule has 4 rings (SSSR count). The van der Waals surface area contributed by atoms with Crippen LogP contribution in [-0.2, 0) is 0 Å². The second kappa shape index (κ2) is 8.40. The number of aliphatic hydroxyl groups is 1. The van der Waals surface area contributed by atoms with Gasteiger partial charge in [0.25, 0.3) is 0 Å². The van der Waals surface area contributed by atoms with Gasteiger partial charge in [-0.25, -0.2) is 4.79 Å². The van der Waals surface area contributed by atoms with Crippen LogP contribution in [0.15, 0.2) is 65.1 Å². The van der Waals surface area contributed by atoms with Gasteiger partial charge >= 0.3 is 12.2 Å². The fourth-order valence-corrected chi connectivity index (χ4v) is 4.05. The number of urea groups is 1. The minimum Gasteiger partial charge on any atom is -0.459 e. The van der Waals surface area contributed by atoms with Gasteiger partial charge in [-0.2, -0.15) is 13.2 Å². The highest BCUT2D eigenvalue weighted by molar-refractivity contribution is 6.33. The van der Waals surface area contributed by atoms with E-state index in [9.17, 15) is 27.9 Å². The molecule has 2 amide bonds. The van der Waals surface area contributed by atoms with Crippen LogP contribution < -0.4 is 10.6 Å². The molecule has 33 heavy (non-hydrogen) atoms. The average molecular weight is 499 g/mol. The first-order chi connectivity index (χ1) is 15.5. The van der Waals surface area contributed by atoms with Gasteiger partial charge in [-0.3, -0.25) is 4.79 Å². The summed E-state index contributed by atoms with van der Waals surface area (Å²) < 4.78 is 47.7. The summed E-state index contributed by atoms with van der Waals surface area (Å²) in [5.41, 5.74) is -3.56. The monoisotopic (exact) mass is 498 g/mol. The summed E-state index contributed by atoms with van der Waals surface area (Å²) in [6.45, 7) is 0. The summed E-state index contributed by atoms with van der Waals surface area (Å²) in [4.78, 5) is 25.4. The van der Waals surface area contributed by atoms with Gasteiger partial charge in [0.1, 0.15) is 23.5 Å². The molecule has 2 heterocycles. The molecular formula is C22H15Cl2F3N2O4. The van der Waals surface area contributed by atoms with Crippen molar-refractivity contribution < 1.29 is 32.3 Å². The van der Waals surface area contributed by atoms with Crippen LogP contribution in [0.2, 0.25) is 10.0 Å². The first-order valence-electron chi connectivity index (χ1n) is 9.53. The Morgan fingerprint density at radius 2 is 1.70 bits per heavy atom. The largest absolute Gasteiger partial charge is 0.459 e. The first-order valence-corrected chi connectivity index (χ1v) is 10.3. The fraction of sp³-hybridized carbons (Fsp3) is 0.182. The van der Waals surface area contributed by atoms with Crippen molar-refractivity contribution in [3.63, 3.8) is 0 Å². The molecule has 0 saturated carbocycles. The molecular weight excluding hydrogens is 484 g/mol. The molecule has 1 aliphatic rings. The quantitative estimate of drug-likeness (QED) is 0.422. The van der Waals surface area contributed by atoms with Gasteiger partial charge in [-0.15, -0.1) is 0 Å². The number of rotatable bonds is 4. The maximum Gasteiger partial charge on any atom is 0.437 e. The van der Waals surface area contributed by atoms with Gasteiger partial charge in [0, 0.05) is 16.1 Å². The Balaban J connectivity index is 1.82. The molecule has 0 spiro atoms. The second-order valence-corrected chi connectivity index (χ2v) is 8.21. The van der Waals surface area contributed by atoms with E-state index in [1.807, 2.05) is 0 Å². The van der Waals surface area contributed by atoms with E-state index in [0.29, 0.717) is 10.6 Å². The molecule has 0 radical (unpaired) electrons. The molecule has 0 aliphatic carbocycles. The van der Waals surface area contributed by atoms with Gasteiger partial charge in [0.15, 0.2) is 5.78 Å². The van der Waals surface area contributed by atoms with E-state index in [4.69, 9.17) is 27.6 Å². The number of furan rings is 1. The van der Waals surface area contributed by atoms with Gasteiger partial charge in [0.2, 0.25) is 5.72 Å². The molecule has 11 heteroatoms. The van der Waals surface area contributed by atoms with Crippen molar-refractivity contribution in [2.45, 2.75) is 17.9 Å². The topological polar surface area (TPSA) is 91.6 Å². The standard InChI is InChI=1S/C22H15Cl2F3N2O4/c23-12-7-5-11(6-8-12)19(30)17-18(28-20(31)29-21(17,32)22(25,26)27)16-10-9-15(33-16)13-3-1-2-4-14(13)24/h1-10,17-18,32H,(H2,28,29,31)/t17-,18+,21-/m0/s1. The van der Waals surface area contributed by atoms with E-state index >= 15 is 0 Å². The number of benzene rings is 2. The number of ketones is 1. The van der Waals surface area contributed by atoms with Gasteiger partial charge in [-0.1, -0.05) is 35.3 Å². The SMILES string of the molecule is O=C1N[C@H](c2ccc(-c3ccccc3Cl)o2)[C@@H](C(=O)c2ccc(Cl)cc2)[C@](O)(C(F)(F)F)N1. The van der Waals surface area contributed by atoms with Crippen LogP contribution in [0.5, 0.6) is 0 Å². The van der Waals surface area contributed by atoms with E-state index in [1.165, 1.54) is 41.7 Å². The lowest BCUT2D eigenvalue weighted by atomic mass is 9.79. The van der Waals surface area contributed by atoms with Crippen LogP contribution in [0.3, 0.4) is 0 Å². The van der Waals surface area contributed by atoms with Crippen molar-refractivity contribution in [1.82, 2.24) is 10.6 Å². The summed E-state index contributed by atoms with van der Waals surface area (Å²) in [7, 11) is 0. The van der Waals surface area contributed by atoms with E-state index in [-0.39, 0.29) is 22.1 Å². The Morgan fingerprint density at radius 3 is 2.33 bits per heavy atom. The molecule has 2 aromatic carbocycles. The van der Waals surface area contributed by atoms with Crippen molar-refractivity contribution in [2.24, 2.45) is 5.92 Å². The summed E-state index contributed by atoms with van der Waals surface area (Å²) >= 11 is 12.0. The first kappa shape index (κ1) is 23.2. The molecule has 6 nitrogen and oxygen atoms in total. The van der Waals surface area contributed by atoms with Crippen molar-refractivity contribution in [3.8, 4) is 11.3 Å². The zero-order chi connectivity index (χ0) is 24.0. The lowest BCUT2D eigenvalue weighted by Crippen LogP contribution is -2.72. The van der Waals surface area contributed by atoms with Crippen LogP contribution in [0, 0.1) is 5.92 Å². The van der Waals surface area contributed by atoms with Crippen molar-refractivity contribution in [3.05, 3.63) is 82.0 Å². The Kier molecular flexibility index (Phi) is 5.90. The summed E-state index contributed by atoms with van der Waals surface area (Å²) in [6.07, 6.45) is -5.38. The number of alkyl halides is 3. The third-order valence-electron chi connectivity index (χ3n) is 5.29. The minimum absolute atomic E-state index is 0.145. The number of Topliss-reactive ketones (excluding diaryl/α,β-unsaturated/α-hetero) is 1. The summed E-state index contributed by atoms with van der Waals surface area (Å²) in [5, 5.41) is 14.9. The predicted molar refractivity (Wildman–Crippen MR) is 114 cm³/mol. The van der Waals surface area contributed by atoms with Crippen molar-refractivity contribution >= 4 is 35.0 Å². The number of hydrogen-bond donors (Lipinski definition) is 3. The van der Waals surface area contributed by atoms with Crippen molar-refractivity contribution in [1.29, 1.82) is 0 Å². The number of hydrogen-bond acceptors (Lipinski definition) is 4.